The summed E-state index contributed by atoms with van der Waals surface area (Å²) in [4.78, 5) is 11.6. The van der Waals surface area contributed by atoms with Gasteiger partial charge in [-0.1, -0.05) is 20.8 Å². The number of esters is 1. The average Bonchev–Trinajstić information content (AvgIpc) is 2.36. The normalized spacial score (nSPS) is 12.3. The van der Waals surface area contributed by atoms with E-state index in [-0.39, 0.29) is 5.97 Å². The van der Waals surface area contributed by atoms with Gasteiger partial charge < -0.3 is 15.8 Å². The molecule has 0 bridgehead atoms. The number of nitrogens with one attached hydrogen (secondary N) is 1. The highest BCUT2D eigenvalue weighted by molar-refractivity contribution is 5.91. The summed E-state index contributed by atoms with van der Waals surface area (Å²) >= 11 is 0. The van der Waals surface area contributed by atoms with Gasteiger partial charge in [-0.05, 0) is 37.0 Å². The molecule has 0 aliphatic heterocycles. The summed E-state index contributed by atoms with van der Waals surface area (Å²) in [5.74, 6) is 0.841. The monoisotopic (exact) mass is 264 g/mol. The lowest BCUT2D eigenvalue weighted by Gasteiger charge is -2.18. The van der Waals surface area contributed by atoms with Gasteiger partial charge in [0.25, 0.3) is 0 Å². The number of hydrogen-bond acceptors (Lipinski definition) is 4. The van der Waals surface area contributed by atoms with Gasteiger partial charge in [0, 0.05) is 6.54 Å². The third-order valence-corrected chi connectivity index (χ3v) is 3.32. The Bertz CT molecular complexity index is 430. The first-order chi connectivity index (χ1) is 8.95. The Hall–Kier alpha value is -1.71. The number of hydrogen-bond donors (Lipinski definition) is 2. The van der Waals surface area contributed by atoms with Crippen molar-refractivity contribution in [3.63, 3.8) is 0 Å². The Morgan fingerprint density at radius 1 is 1.37 bits per heavy atom. The number of carbonyl (C=O) groups excluding carboxylic acids is 1. The van der Waals surface area contributed by atoms with E-state index in [0.717, 1.165) is 12.2 Å². The van der Waals surface area contributed by atoms with Gasteiger partial charge in [0.2, 0.25) is 0 Å². The maximum atomic E-state index is 11.6. The average molecular weight is 264 g/mol. The molecule has 4 heteroatoms. The molecule has 4 nitrogen and oxygen atoms in total. The molecule has 1 rings (SSSR count). The van der Waals surface area contributed by atoms with Crippen molar-refractivity contribution in [3.8, 4) is 0 Å². The molecule has 1 atom stereocenters. The highest BCUT2D eigenvalue weighted by Crippen LogP contribution is 2.21. The quantitative estimate of drug-likeness (QED) is 0.612. The topological polar surface area (TPSA) is 64.3 Å². The molecule has 1 aromatic rings. The molecule has 0 aliphatic carbocycles. The highest BCUT2D eigenvalue weighted by Gasteiger charge is 2.10. The molecule has 3 N–H and O–H groups in total. The van der Waals surface area contributed by atoms with Crippen molar-refractivity contribution in [2.24, 2.45) is 11.8 Å². The van der Waals surface area contributed by atoms with Crippen LogP contribution in [0.3, 0.4) is 0 Å². The van der Waals surface area contributed by atoms with E-state index < -0.39 is 0 Å². The lowest BCUT2D eigenvalue weighted by atomic mass is 9.98. The van der Waals surface area contributed by atoms with Crippen molar-refractivity contribution >= 4 is 17.3 Å². The smallest absolute Gasteiger partial charge is 0.338 e. The van der Waals surface area contributed by atoms with Crippen molar-refractivity contribution in [2.45, 2.75) is 27.7 Å². The summed E-state index contributed by atoms with van der Waals surface area (Å²) in [6.45, 7) is 9.59. The van der Waals surface area contributed by atoms with E-state index in [2.05, 4.69) is 26.1 Å². The highest BCUT2D eigenvalue weighted by atomic mass is 16.5. The fraction of sp³-hybridized carbons (Fsp3) is 0.533. The van der Waals surface area contributed by atoms with Gasteiger partial charge in [0.15, 0.2) is 0 Å². The molecular formula is C15H24N2O2. The molecule has 0 fully saturated rings. The van der Waals surface area contributed by atoms with Gasteiger partial charge in [-0.3, -0.25) is 0 Å². The van der Waals surface area contributed by atoms with Gasteiger partial charge >= 0.3 is 5.97 Å². The lowest BCUT2D eigenvalue weighted by Crippen LogP contribution is -2.17. The zero-order valence-electron chi connectivity index (χ0n) is 12.2. The van der Waals surface area contributed by atoms with E-state index in [1.165, 1.54) is 0 Å². The molecule has 0 aromatic heterocycles. The van der Waals surface area contributed by atoms with Gasteiger partial charge in [-0.2, -0.15) is 0 Å². The van der Waals surface area contributed by atoms with E-state index in [4.69, 9.17) is 10.5 Å². The van der Waals surface area contributed by atoms with Crippen LogP contribution in [0, 0.1) is 11.8 Å². The van der Waals surface area contributed by atoms with E-state index in [9.17, 15) is 4.79 Å². The molecule has 0 radical (unpaired) electrons. The lowest BCUT2D eigenvalue weighted by molar-refractivity contribution is 0.0526. The summed E-state index contributed by atoms with van der Waals surface area (Å²) < 4.78 is 4.94. The number of carbonyl (C=O) groups is 1. The third-order valence-electron chi connectivity index (χ3n) is 3.32. The summed E-state index contributed by atoms with van der Waals surface area (Å²) in [7, 11) is 0. The van der Waals surface area contributed by atoms with Gasteiger partial charge in [-0.25, -0.2) is 4.79 Å². The first-order valence-electron chi connectivity index (χ1n) is 6.76. The first-order valence-corrected chi connectivity index (χ1v) is 6.76. The molecule has 19 heavy (non-hydrogen) atoms. The molecule has 106 valence electrons. The van der Waals surface area contributed by atoms with Gasteiger partial charge in [0.05, 0.1) is 23.5 Å². The zero-order chi connectivity index (χ0) is 14.4. The Balaban J connectivity index is 2.69. The van der Waals surface area contributed by atoms with Gasteiger partial charge in [-0.15, -0.1) is 0 Å². The number of rotatable bonds is 6. The van der Waals surface area contributed by atoms with E-state index in [0.29, 0.717) is 29.7 Å². The van der Waals surface area contributed by atoms with Crippen molar-refractivity contribution in [3.05, 3.63) is 23.8 Å². The Kier molecular flexibility index (Phi) is 5.67. The fourth-order valence-electron chi connectivity index (χ4n) is 1.57. The van der Waals surface area contributed by atoms with E-state index in [1.807, 2.05) is 6.07 Å². The molecule has 0 saturated heterocycles. The van der Waals surface area contributed by atoms with Crippen LogP contribution in [0.2, 0.25) is 0 Å². The summed E-state index contributed by atoms with van der Waals surface area (Å²) in [5.41, 5.74) is 7.87. The second kappa shape index (κ2) is 7.02. The second-order valence-corrected chi connectivity index (χ2v) is 5.12. The van der Waals surface area contributed by atoms with Crippen LogP contribution in [-0.4, -0.2) is 19.1 Å². The minimum absolute atomic E-state index is 0.337. The molecule has 0 aliphatic rings. The standard InChI is InChI=1S/C15H24N2O2/c1-5-19-15(18)12-6-7-14(13(16)8-12)17-9-11(4)10(2)3/h6-8,10-11,17H,5,9,16H2,1-4H3. The van der Waals surface area contributed by atoms with Crippen LogP contribution in [-0.2, 0) is 4.74 Å². The van der Waals surface area contributed by atoms with Gasteiger partial charge in [0.1, 0.15) is 0 Å². The Morgan fingerprint density at radius 3 is 2.58 bits per heavy atom. The number of nitrogen functional groups attached to an aromatic ring is 1. The molecule has 1 aromatic carbocycles. The third kappa shape index (κ3) is 4.47. The van der Waals surface area contributed by atoms with Crippen LogP contribution in [0.15, 0.2) is 18.2 Å². The number of nitrogens with two attached hydrogens (primary N) is 1. The van der Waals surface area contributed by atoms with Crippen LogP contribution in [0.25, 0.3) is 0 Å². The number of benzene rings is 1. The predicted octanol–water partition coefficient (Wildman–Crippen LogP) is 3.15. The zero-order valence-corrected chi connectivity index (χ0v) is 12.2. The number of ether oxygens (including phenoxy) is 1. The van der Waals surface area contributed by atoms with Crippen LogP contribution < -0.4 is 11.1 Å². The Morgan fingerprint density at radius 2 is 2.05 bits per heavy atom. The second-order valence-electron chi connectivity index (χ2n) is 5.12. The van der Waals surface area contributed by atoms with Crippen molar-refractivity contribution in [2.75, 3.05) is 24.2 Å². The van der Waals surface area contributed by atoms with Crippen LogP contribution in [0.4, 0.5) is 11.4 Å². The maximum absolute atomic E-state index is 11.6. The molecule has 0 amide bonds. The predicted molar refractivity (Wildman–Crippen MR) is 79.3 cm³/mol. The van der Waals surface area contributed by atoms with Crippen molar-refractivity contribution in [1.82, 2.24) is 0 Å². The fourth-order valence-corrected chi connectivity index (χ4v) is 1.57. The molecule has 0 saturated carbocycles. The largest absolute Gasteiger partial charge is 0.462 e. The van der Waals surface area contributed by atoms with Crippen LogP contribution in [0.5, 0.6) is 0 Å². The first kappa shape index (κ1) is 15.3. The maximum Gasteiger partial charge on any atom is 0.338 e. The van der Waals surface area contributed by atoms with Crippen LogP contribution >= 0.6 is 0 Å². The van der Waals surface area contributed by atoms with Crippen LogP contribution in [0.1, 0.15) is 38.1 Å². The summed E-state index contributed by atoms with van der Waals surface area (Å²) in [6.07, 6.45) is 0. The molecule has 0 spiro atoms. The van der Waals surface area contributed by atoms with Crippen molar-refractivity contribution < 1.29 is 9.53 Å². The summed E-state index contributed by atoms with van der Waals surface area (Å²) in [6, 6.07) is 5.21. The molecular weight excluding hydrogens is 240 g/mol. The summed E-state index contributed by atoms with van der Waals surface area (Å²) in [5, 5.41) is 3.32. The Labute approximate surface area is 115 Å². The minimum atomic E-state index is -0.337. The van der Waals surface area contributed by atoms with E-state index >= 15 is 0 Å². The SMILES string of the molecule is CCOC(=O)c1ccc(NCC(C)C(C)C)c(N)c1. The molecule has 0 heterocycles. The molecule has 1 unspecified atom stereocenters. The minimum Gasteiger partial charge on any atom is -0.462 e. The number of anilines is 2. The van der Waals surface area contributed by atoms with E-state index in [1.54, 1.807) is 19.1 Å². The van der Waals surface area contributed by atoms with Crippen molar-refractivity contribution in [1.29, 1.82) is 0 Å².